The minimum atomic E-state index is -0.465. The van der Waals surface area contributed by atoms with E-state index < -0.39 is 10.8 Å². The van der Waals surface area contributed by atoms with Crippen molar-refractivity contribution >= 4 is 28.5 Å². The molecule has 0 saturated carbocycles. The van der Waals surface area contributed by atoms with Gasteiger partial charge in [-0.1, -0.05) is 30.3 Å². The second-order valence-corrected chi connectivity index (χ2v) is 5.33. The van der Waals surface area contributed by atoms with E-state index in [9.17, 15) is 14.9 Å². The zero-order chi connectivity index (χ0) is 17.8. The third-order valence-corrected chi connectivity index (χ3v) is 3.66. The first kappa shape index (κ1) is 16.2. The standard InChI is InChI=1S/C17H15N5O3/c18-17(20-9-11-5-7-12(8-6-11)22(24)25)21-16(23)14-10-19-15-4-2-1-3-13(14)15/h1-8,10,19H,9H2,(H3,18,20,21,23). The average molecular weight is 337 g/mol. The predicted molar refractivity (Wildman–Crippen MR) is 94.2 cm³/mol. The van der Waals surface area contributed by atoms with Gasteiger partial charge in [0.15, 0.2) is 5.96 Å². The zero-order valence-electron chi connectivity index (χ0n) is 13.1. The molecule has 0 aliphatic heterocycles. The lowest BCUT2D eigenvalue weighted by atomic mass is 10.2. The third-order valence-electron chi connectivity index (χ3n) is 3.66. The van der Waals surface area contributed by atoms with Gasteiger partial charge in [-0.25, -0.2) is 0 Å². The molecule has 3 rings (SSSR count). The van der Waals surface area contributed by atoms with Crippen LogP contribution in [0.4, 0.5) is 5.69 Å². The van der Waals surface area contributed by atoms with Gasteiger partial charge in [0.2, 0.25) is 0 Å². The molecule has 1 amide bonds. The van der Waals surface area contributed by atoms with Gasteiger partial charge in [0.05, 0.1) is 10.5 Å². The minimum Gasteiger partial charge on any atom is -0.370 e. The Bertz CT molecular complexity index is 960. The number of para-hydroxylation sites is 1. The van der Waals surface area contributed by atoms with Crippen LogP contribution in [-0.4, -0.2) is 21.8 Å². The Labute approximate surface area is 142 Å². The lowest BCUT2D eigenvalue weighted by Crippen LogP contribution is -2.32. The number of rotatable bonds is 4. The van der Waals surface area contributed by atoms with Crippen LogP contribution in [0.2, 0.25) is 0 Å². The first-order valence-corrected chi connectivity index (χ1v) is 7.46. The number of guanidine groups is 1. The second-order valence-electron chi connectivity index (χ2n) is 5.33. The Kier molecular flexibility index (Phi) is 4.42. The number of fused-ring (bicyclic) bond motifs is 1. The normalized spacial score (nSPS) is 11.4. The van der Waals surface area contributed by atoms with Crippen molar-refractivity contribution in [2.45, 2.75) is 6.54 Å². The molecule has 0 bridgehead atoms. The zero-order valence-corrected chi connectivity index (χ0v) is 13.1. The number of nitrogens with one attached hydrogen (secondary N) is 2. The monoisotopic (exact) mass is 337 g/mol. The molecule has 8 heteroatoms. The maximum Gasteiger partial charge on any atom is 0.282 e. The number of nitrogens with zero attached hydrogens (tertiary/aromatic N) is 2. The number of nitro benzene ring substituents is 1. The molecule has 0 spiro atoms. The number of carbonyl (C=O) groups is 1. The van der Waals surface area contributed by atoms with Crippen molar-refractivity contribution < 1.29 is 9.72 Å². The van der Waals surface area contributed by atoms with Crippen LogP contribution in [-0.2, 0) is 6.54 Å². The molecule has 25 heavy (non-hydrogen) atoms. The lowest BCUT2D eigenvalue weighted by Gasteiger charge is -2.05. The van der Waals surface area contributed by atoms with E-state index >= 15 is 0 Å². The topological polar surface area (TPSA) is 126 Å². The number of hydrogen-bond donors (Lipinski definition) is 3. The number of H-pyrrole nitrogens is 1. The first-order chi connectivity index (χ1) is 12.0. The van der Waals surface area contributed by atoms with Crippen molar-refractivity contribution in [1.29, 1.82) is 0 Å². The quantitative estimate of drug-likeness (QED) is 0.291. The fourth-order valence-electron chi connectivity index (χ4n) is 2.39. The number of aromatic nitrogens is 1. The highest BCUT2D eigenvalue weighted by molar-refractivity contribution is 6.10. The summed E-state index contributed by atoms with van der Waals surface area (Å²) in [5.41, 5.74) is 7.83. The predicted octanol–water partition coefficient (Wildman–Crippen LogP) is 2.32. The Morgan fingerprint density at radius 1 is 1.20 bits per heavy atom. The third kappa shape index (κ3) is 3.63. The fraction of sp³-hybridized carbons (Fsp3) is 0.0588. The highest BCUT2D eigenvalue weighted by Crippen LogP contribution is 2.18. The number of non-ortho nitro benzene ring substituents is 1. The number of aromatic amines is 1. The summed E-state index contributed by atoms with van der Waals surface area (Å²) in [5, 5.41) is 14.2. The average Bonchev–Trinajstić information content (AvgIpc) is 3.04. The molecule has 0 aliphatic rings. The van der Waals surface area contributed by atoms with E-state index in [0.717, 1.165) is 16.5 Å². The van der Waals surface area contributed by atoms with Crippen LogP contribution < -0.4 is 11.1 Å². The van der Waals surface area contributed by atoms with Crippen molar-refractivity contribution in [1.82, 2.24) is 10.3 Å². The van der Waals surface area contributed by atoms with Gasteiger partial charge in [-0.3, -0.25) is 14.9 Å². The molecule has 0 radical (unpaired) electrons. The number of carbonyl (C=O) groups excluding carboxylic acids is 1. The van der Waals surface area contributed by atoms with Gasteiger partial charge >= 0.3 is 0 Å². The van der Waals surface area contributed by atoms with Crippen LogP contribution >= 0.6 is 0 Å². The summed E-state index contributed by atoms with van der Waals surface area (Å²) in [6.07, 6.45) is 1.60. The van der Waals surface area contributed by atoms with Crippen LogP contribution in [0.3, 0.4) is 0 Å². The van der Waals surface area contributed by atoms with Crippen molar-refractivity contribution in [2.75, 3.05) is 0 Å². The molecule has 2 aromatic carbocycles. The second kappa shape index (κ2) is 6.83. The van der Waals surface area contributed by atoms with Crippen molar-refractivity contribution in [3.63, 3.8) is 0 Å². The molecular formula is C17H15N5O3. The van der Waals surface area contributed by atoms with Crippen LogP contribution in [0.1, 0.15) is 15.9 Å². The van der Waals surface area contributed by atoms with Crippen molar-refractivity contribution in [2.24, 2.45) is 10.7 Å². The lowest BCUT2D eigenvalue weighted by molar-refractivity contribution is -0.384. The Balaban J connectivity index is 1.67. The summed E-state index contributed by atoms with van der Waals surface area (Å²) in [4.78, 5) is 29.3. The minimum absolute atomic E-state index is 0.0138. The van der Waals surface area contributed by atoms with Crippen molar-refractivity contribution in [3.8, 4) is 0 Å². The van der Waals surface area contributed by atoms with E-state index in [4.69, 9.17) is 5.73 Å². The molecule has 0 fully saturated rings. The van der Waals surface area contributed by atoms with Crippen LogP contribution in [0.25, 0.3) is 10.9 Å². The molecule has 3 aromatic rings. The van der Waals surface area contributed by atoms with Gasteiger partial charge in [-0.05, 0) is 11.6 Å². The number of aliphatic imine (C=N–C) groups is 1. The molecular weight excluding hydrogens is 322 g/mol. The summed E-state index contributed by atoms with van der Waals surface area (Å²) in [6, 6.07) is 13.4. The number of hydrogen-bond acceptors (Lipinski definition) is 3. The summed E-state index contributed by atoms with van der Waals surface area (Å²) in [7, 11) is 0. The molecule has 1 aromatic heterocycles. The van der Waals surface area contributed by atoms with Gasteiger partial charge < -0.3 is 16.0 Å². The molecule has 1 heterocycles. The fourth-order valence-corrected chi connectivity index (χ4v) is 2.39. The Morgan fingerprint density at radius 2 is 1.92 bits per heavy atom. The smallest absolute Gasteiger partial charge is 0.282 e. The molecule has 0 atom stereocenters. The van der Waals surface area contributed by atoms with Gasteiger partial charge in [0.25, 0.3) is 11.6 Å². The summed E-state index contributed by atoms with van der Waals surface area (Å²) >= 11 is 0. The largest absolute Gasteiger partial charge is 0.370 e. The van der Waals surface area contributed by atoms with Crippen LogP contribution in [0.15, 0.2) is 59.7 Å². The van der Waals surface area contributed by atoms with E-state index in [1.807, 2.05) is 24.3 Å². The molecule has 8 nitrogen and oxygen atoms in total. The van der Waals surface area contributed by atoms with E-state index in [1.54, 1.807) is 18.3 Å². The van der Waals surface area contributed by atoms with Gasteiger partial charge in [-0.2, -0.15) is 4.99 Å². The summed E-state index contributed by atoms with van der Waals surface area (Å²) < 4.78 is 0. The maximum atomic E-state index is 12.3. The van der Waals surface area contributed by atoms with Gasteiger partial charge in [0, 0.05) is 35.8 Å². The molecule has 0 aliphatic carbocycles. The van der Waals surface area contributed by atoms with Crippen LogP contribution in [0.5, 0.6) is 0 Å². The van der Waals surface area contributed by atoms with E-state index in [-0.39, 0.29) is 11.6 Å². The van der Waals surface area contributed by atoms with E-state index in [0.29, 0.717) is 12.1 Å². The number of nitrogens with two attached hydrogens (primary N) is 1. The van der Waals surface area contributed by atoms with E-state index in [1.165, 1.54) is 12.1 Å². The number of nitro groups is 1. The van der Waals surface area contributed by atoms with Crippen LogP contribution in [0, 0.1) is 10.1 Å². The summed E-state index contributed by atoms with van der Waals surface area (Å²) in [6.45, 7) is 0.300. The number of benzene rings is 2. The maximum absolute atomic E-state index is 12.3. The van der Waals surface area contributed by atoms with Gasteiger partial charge in [0.1, 0.15) is 0 Å². The SMILES string of the molecule is NC(=NC(=O)c1c[nH]c2ccccc12)NCc1ccc([N+](=O)[O-])cc1. The molecule has 126 valence electrons. The number of amides is 1. The molecule has 0 unspecified atom stereocenters. The van der Waals surface area contributed by atoms with Gasteiger partial charge in [-0.15, -0.1) is 0 Å². The van der Waals surface area contributed by atoms with E-state index in [2.05, 4.69) is 15.3 Å². The Morgan fingerprint density at radius 3 is 2.64 bits per heavy atom. The summed E-state index contributed by atoms with van der Waals surface area (Å²) in [5.74, 6) is -0.472. The van der Waals surface area contributed by atoms with Crippen molar-refractivity contribution in [3.05, 3.63) is 76.0 Å². The highest BCUT2D eigenvalue weighted by Gasteiger charge is 2.11. The Hall–Kier alpha value is -3.68. The first-order valence-electron chi connectivity index (χ1n) is 7.46. The highest BCUT2D eigenvalue weighted by atomic mass is 16.6. The molecule has 0 saturated heterocycles. The molecule has 4 N–H and O–H groups in total.